The molecule has 1 saturated heterocycles. The minimum atomic E-state index is -1.39. The maximum Gasteiger partial charge on any atom is 0.310 e. The molecule has 0 amide bonds. The molecule has 1 aliphatic heterocycles. The van der Waals surface area contributed by atoms with Crippen LogP contribution in [0.25, 0.3) is 0 Å². The van der Waals surface area contributed by atoms with E-state index >= 15 is 0 Å². The molecule has 14 unspecified atom stereocenters. The second-order valence-electron chi connectivity index (χ2n) is 17.0. The summed E-state index contributed by atoms with van der Waals surface area (Å²) in [6.07, 6.45) is 3.24. The Bertz CT molecular complexity index is 1250. The van der Waals surface area contributed by atoms with Crippen molar-refractivity contribution in [2.45, 2.75) is 130 Å². The number of aliphatic hydroxyl groups excluding tert-OH is 4. The molecule has 10 nitrogen and oxygen atoms in total. The SMILES string of the molecule is CC1(C(=O)O)CCC2(C(=O)O)CCC3(C)C(=CCC4C5(C)CCC(OC6OCC(O)C(O)C6O)C(C)(CO)C5CCC43C)C2C1. The van der Waals surface area contributed by atoms with Crippen LogP contribution in [0.4, 0.5) is 0 Å². The number of ether oxygens (including phenoxy) is 2. The Morgan fingerprint density at radius 3 is 2.22 bits per heavy atom. The first-order valence-corrected chi connectivity index (χ1v) is 17.0. The van der Waals surface area contributed by atoms with Gasteiger partial charge < -0.3 is 40.1 Å². The summed E-state index contributed by atoms with van der Waals surface area (Å²) in [7, 11) is 0. The zero-order valence-electron chi connectivity index (χ0n) is 27.5. The van der Waals surface area contributed by atoms with E-state index in [1.165, 1.54) is 0 Å². The fraction of sp³-hybridized carbons (Fsp3) is 0.886. The average molecular weight is 635 g/mol. The molecule has 254 valence electrons. The Kier molecular flexibility index (Phi) is 7.95. The first kappa shape index (κ1) is 33.3. The van der Waals surface area contributed by atoms with Crippen molar-refractivity contribution in [3.8, 4) is 0 Å². The topological polar surface area (TPSA) is 174 Å². The van der Waals surface area contributed by atoms with Gasteiger partial charge in [-0.25, -0.2) is 0 Å². The van der Waals surface area contributed by atoms with Gasteiger partial charge >= 0.3 is 11.9 Å². The van der Waals surface area contributed by atoms with Gasteiger partial charge in [0, 0.05) is 5.41 Å². The van der Waals surface area contributed by atoms with Crippen molar-refractivity contribution >= 4 is 11.9 Å². The van der Waals surface area contributed by atoms with Gasteiger partial charge in [0.05, 0.1) is 30.1 Å². The fourth-order valence-corrected chi connectivity index (χ4v) is 11.9. The van der Waals surface area contributed by atoms with Crippen LogP contribution in [0.2, 0.25) is 0 Å². The third-order valence-corrected chi connectivity index (χ3v) is 15.2. The molecule has 5 fully saturated rings. The van der Waals surface area contributed by atoms with E-state index in [-0.39, 0.29) is 47.2 Å². The summed E-state index contributed by atoms with van der Waals surface area (Å²) < 4.78 is 11.9. The first-order chi connectivity index (χ1) is 20.9. The number of fused-ring (bicyclic) bond motifs is 7. The van der Waals surface area contributed by atoms with Crippen molar-refractivity contribution < 1.29 is 49.7 Å². The molecule has 14 atom stereocenters. The van der Waals surface area contributed by atoms with Crippen molar-refractivity contribution in [2.24, 2.45) is 50.2 Å². The van der Waals surface area contributed by atoms with Crippen LogP contribution in [0.1, 0.15) is 98.8 Å². The summed E-state index contributed by atoms with van der Waals surface area (Å²) in [6, 6.07) is 0. The number of aliphatic hydroxyl groups is 4. The molecule has 45 heavy (non-hydrogen) atoms. The standard InChI is InChI=1S/C35H54O10/c1-30(28(40)41)12-14-35(29(42)43)15-13-33(4)19(20(35)16-30)6-7-23-31(2)10-9-24(45-27-26(39)25(38)21(37)17-44-27)32(3,18-36)22(31)8-11-34(23,33)5/h6,20-27,36-39H,7-18H2,1-5H3,(H,40,41)(H,42,43). The molecule has 0 aromatic rings. The molecule has 0 aromatic carbocycles. The number of carboxylic acids is 2. The van der Waals surface area contributed by atoms with Gasteiger partial charge in [0.1, 0.15) is 18.3 Å². The third kappa shape index (κ3) is 4.41. The Balaban J connectivity index is 1.33. The lowest BCUT2D eigenvalue weighted by Crippen LogP contribution is -2.66. The van der Waals surface area contributed by atoms with Gasteiger partial charge in [0.15, 0.2) is 6.29 Å². The highest BCUT2D eigenvalue weighted by Gasteiger charge is 2.70. The van der Waals surface area contributed by atoms with Gasteiger partial charge in [0.25, 0.3) is 0 Å². The summed E-state index contributed by atoms with van der Waals surface area (Å²) >= 11 is 0. The predicted octanol–water partition coefficient (Wildman–Crippen LogP) is 3.73. The van der Waals surface area contributed by atoms with Crippen LogP contribution < -0.4 is 0 Å². The summed E-state index contributed by atoms with van der Waals surface area (Å²) in [4.78, 5) is 25.3. The first-order valence-electron chi connectivity index (χ1n) is 17.0. The number of rotatable bonds is 5. The normalized spacial score (nSPS) is 54.5. The molecular formula is C35H54O10. The number of carboxylic acid groups (broad SMARTS) is 2. The number of carbonyl (C=O) groups is 2. The average Bonchev–Trinajstić information content (AvgIpc) is 2.98. The molecule has 1 heterocycles. The number of hydrogen-bond acceptors (Lipinski definition) is 8. The monoisotopic (exact) mass is 634 g/mol. The zero-order chi connectivity index (χ0) is 33.0. The van der Waals surface area contributed by atoms with E-state index in [1.54, 1.807) is 6.92 Å². The lowest BCUT2D eigenvalue weighted by atomic mass is 9.33. The minimum absolute atomic E-state index is 0.105. The highest BCUT2D eigenvalue weighted by molar-refractivity contribution is 5.79. The van der Waals surface area contributed by atoms with Gasteiger partial charge in [-0.15, -0.1) is 0 Å². The van der Waals surface area contributed by atoms with Crippen molar-refractivity contribution in [3.63, 3.8) is 0 Å². The lowest BCUT2D eigenvalue weighted by molar-refractivity contribution is -0.312. The number of aliphatic carboxylic acids is 2. The highest BCUT2D eigenvalue weighted by Crippen LogP contribution is 2.76. The molecule has 0 aromatic heterocycles. The molecule has 4 saturated carbocycles. The maximum absolute atomic E-state index is 12.9. The van der Waals surface area contributed by atoms with Gasteiger partial charge in [0.2, 0.25) is 0 Å². The molecule has 0 spiro atoms. The number of allylic oxidation sites excluding steroid dienone is 2. The number of hydrogen-bond donors (Lipinski definition) is 6. The lowest BCUT2D eigenvalue weighted by Gasteiger charge is -2.71. The van der Waals surface area contributed by atoms with Crippen molar-refractivity contribution in [3.05, 3.63) is 11.6 Å². The Morgan fingerprint density at radius 1 is 0.889 bits per heavy atom. The molecule has 6 N–H and O–H groups in total. The Hall–Kier alpha value is -1.56. The third-order valence-electron chi connectivity index (χ3n) is 15.2. The quantitative estimate of drug-likeness (QED) is 0.193. The molecular weight excluding hydrogens is 580 g/mol. The second kappa shape index (κ2) is 10.7. The van der Waals surface area contributed by atoms with Crippen LogP contribution in [-0.4, -0.2) is 86.5 Å². The minimum Gasteiger partial charge on any atom is -0.481 e. The molecule has 0 bridgehead atoms. The predicted molar refractivity (Wildman–Crippen MR) is 163 cm³/mol. The van der Waals surface area contributed by atoms with Gasteiger partial charge in [-0.05, 0) is 105 Å². The van der Waals surface area contributed by atoms with Crippen LogP contribution in [0.5, 0.6) is 0 Å². The zero-order valence-corrected chi connectivity index (χ0v) is 27.5. The van der Waals surface area contributed by atoms with Gasteiger partial charge in [-0.3, -0.25) is 9.59 Å². The van der Waals surface area contributed by atoms with E-state index < -0.39 is 58.9 Å². The molecule has 6 rings (SSSR count). The van der Waals surface area contributed by atoms with Crippen LogP contribution in [0, 0.1) is 50.2 Å². The van der Waals surface area contributed by atoms with Crippen LogP contribution in [-0.2, 0) is 19.1 Å². The van der Waals surface area contributed by atoms with Crippen LogP contribution >= 0.6 is 0 Å². The molecule has 6 aliphatic rings. The summed E-state index contributed by atoms with van der Waals surface area (Å²) in [5.74, 6) is -1.58. The Labute approximate surface area is 266 Å². The molecule has 5 aliphatic carbocycles. The van der Waals surface area contributed by atoms with E-state index in [2.05, 4.69) is 33.8 Å². The van der Waals surface area contributed by atoms with Crippen LogP contribution in [0.15, 0.2) is 11.6 Å². The maximum atomic E-state index is 12.9. The summed E-state index contributed by atoms with van der Waals surface area (Å²) in [5.41, 5.74) is -1.92. The summed E-state index contributed by atoms with van der Waals surface area (Å²) in [5, 5.41) is 62.5. The molecule has 10 heteroatoms. The van der Waals surface area contributed by atoms with E-state index in [4.69, 9.17) is 9.47 Å². The Morgan fingerprint density at radius 2 is 1.58 bits per heavy atom. The second-order valence-corrected chi connectivity index (χ2v) is 17.0. The van der Waals surface area contributed by atoms with E-state index in [9.17, 15) is 40.2 Å². The smallest absolute Gasteiger partial charge is 0.310 e. The van der Waals surface area contributed by atoms with E-state index in [1.807, 2.05) is 0 Å². The largest absolute Gasteiger partial charge is 0.481 e. The van der Waals surface area contributed by atoms with Gasteiger partial charge in [-0.2, -0.15) is 0 Å². The van der Waals surface area contributed by atoms with Crippen molar-refractivity contribution in [2.75, 3.05) is 13.2 Å². The van der Waals surface area contributed by atoms with Gasteiger partial charge in [-0.1, -0.05) is 39.3 Å². The molecule has 0 radical (unpaired) electrons. The van der Waals surface area contributed by atoms with Crippen molar-refractivity contribution in [1.29, 1.82) is 0 Å². The van der Waals surface area contributed by atoms with E-state index in [0.29, 0.717) is 32.1 Å². The summed E-state index contributed by atoms with van der Waals surface area (Å²) in [6.45, 7) is 10.6. The van der Waals surface area contributed by atoms with E-state index in [0.717, 1.165) is 37.7 Å². The van der Waals surface area contributed by atoms with Crippen LogP contribution in [0.3, 0.4) is 0 Å². The van der Waals surface area contributed by atoms with Crippen molar-refractivity contribution in [1.82, 2.24) is 0 Å². The fourth-order valence-electron chi connectivity index (χ4n) is 11.9. The highest BCUT2D eigenvalue weighted by atomic mass is 16.7.